The maximum absolute atomic E-state index is 11.0. The molecule has 0 saturated heterocycles. The van der Waals surface area contributed by atoms with E-state index >= 15 is 0 Å². The normalized spacial score (nSPS) is 22.9. The van der Waals surface area contributed by atoms with Crippen LogP contribution >= 0.6 is 0 Å². The number of allylic oxidation sites excluding steroid dienone is 2. The molecule has 5 heteroatoms. The molecule has 0 radical (unpaired) electrons. The van der Waals surface area contributed by atoms with Gasteiger partial charge in [0.25, 0.3) is 0 Å². The van der Waals surface area contributed by atoms with Crippen molar-refractivity contribution in [2.24, 2.45) is 0 Å². The van der Waals surface area contributed by atoms with Crippen LogP contribution in [0.3, 0.4) is 0 Å². The van der Waals surface area contributed by atoms with Gasteiger partial charge < -0.3 is 4.52 Å². The van der Waals surface area contributed by atoms with Gasteiger partial charge in [0.05, 0.1) is 5.75 Å². The molecule has 1 aromatic rings. The van der Waals surface area contributed by atoms with Crippen molar-refractivity contribution >= 4 is 10.8 Å². The van der Waals surface area contributed by atoms with E-state index in [9.17, 15) is 4.21 Å². The van der Waals surface area contributed by atoms with Crippen LogP contribution in [0, 0.1) is 0 Å². The second-order valence-electron chi connectivity index (χ2n) is 3.75. The van der Waals surface area contributed by atoms with Gasteiger partial charge in [-0.25, -0.2) is 0 Å². The molecular formula is C10H14N2O2S. The highest BCUT2D eigenvalue weighted by atomic mass is 32.2. The van der Waals surface area contributed by atoms with Crippen molar-refractivity contribution in [1.29, 1.82) is 0 Å². The van der Waals surface area contributed by atoms with Gasteiger partial charge in [0.1, 0.15) is 0 Å². The number of aromatic nitrogens is 2. The summed E-state index contributed by atoms with van der Waals surface area (Å²) in [5.74, 6) is 1.98. The predicted molar refractivity (Wildman–Crippen MR) is 57.8 cm³/mol. The molecule has 82 valence electrons. The summed E-state index contributed by atoms with van der Waals surface area (Å²) in [6.07, 6.45) is 9.07. The molecule has 0 saturated carbocycles. The van der Waals surface area contributed by atoms with Crippen LogP contribution in [0.1, 0.15) is 36.9 Å². The lowest BCUT2D eigenvalue weighted by Gasteiger charge is -2.12. The third kappa shape index (κ3) is 2.75. The van der Waals surface area contributed by atoms with Gasteiger partial charge in [0, 0.05) is 23.0 Å². The zero-order chi connectivity index (χ0) is 10.7. The molecule has 15 heavy (non-hydrogen) atoms. The van der Waals surface area contributed by atoms with Gasteiger partial charge in [-0.15, -0.1) is 0 Å². The lowest BCUT2D eigenvalue weighted by atomic mass is 9.94. The van der Waals surface area contributed by atoms with Crippen molar-refractivity contribution in [3.63, 3.8) is 0 Å². The summed E-state index contributed by atoms with van der Waals surface area (Å²) in [6, 6.07) is 0. The first-order valence-electron chi connectivity index (χ1n) is 5.03. The molecule has 4 nitrogen and oxygen atoms in total. The van der Waals surface area contributed by atoms with E-state index in [1.54, 1.807) is 6.26 Å². The molecule has 1 heterocycles. The van der Waals surface area contributed by atoms with Crippen LogP contribution in [0.5, 0.6) is 0 Å². The minimum absolute atomic E-state index is 0.349. The molecule has 0 spiro atoms. The smallest absolute Gasteiger partial charge is 0.230 e. The number of hydrogen-bond donors (Lipinski definition) is 0. The van der Waals surface area contributed by atoms with Gasteiger partial charge >= 0.3 is 0 Å². The van der Waals surface area contributed by atoms with Crippen molar-refractivity contribution in [2.75, 3.05) is 6.26 Å². The second kappa shape index (κ2) is 4.70. The SMILES string of the molecule is CS(=O)Cc1noc(C2CC=CCC2)n1. The lowest BCUT2D eigenvalue weighted by Crippen LogP contribution is -2.02. The van der Waals surface area contributed by atoms with Crippen LogP contribution in [0.2, 0.25) is 0 Å². The molecule has 1 aromatic heterocycles. The average Bonchev–Trinajstić information content (AvgIpc) is 2.67. The topological polar surface area (TPSA) is 56.0 Å². The minimum Gasteiger partial charge on any atom is -0.339 e. The van der Waals surface area contributed by atoms with Gasteiger partial charge in [-0.2, -0.15) is 4.98 Å². The molecular weight excluding hydrogens is 212 g/mol. The summed E-state index contributed by atoms with van der Waals surface area (Å²) in [5, 5.41) is 3.83. The van der Waals surface area contributed by atoms with Crippen LogP contribution < -0.4 is 0 Å². The number of nitrogens with zero attached hydrogens (tertiary/aromatic N) is 2. The minimum atomic E-state index is -0.907. The van der Waals surface area contributed by atoms with Gasteiger partial charge in [-0.3, -0.25) is 4.21 Å². The molecule has 0 N–H and O–H groups in total. The van der Waals surface area contributed by atoms with E-state index in [0.717, 1.165) is 19.3 Å². The Hall–Kier alpha value is -0.970. The lowest BCUT2D eigenvalue weighted by molar-refractivity contribution is 0.342. The summed E-state index contributed by atoms with van der Waals surface area (Å²) in [7, 11) is -0.907. The Morgan fingerprint density at radius 2 is 2.47 bits per heavy atom. The molecule has 0 aliphatic heterocycles. The summed E-state index contributed by atoms with van der Waals surface area (Å²) >= 11 is 0. The molecule has 0 aromatic carbocycles. The Labute approximate surface area is 91.2 Å². The van der Waals surface area contributed by atoms with Crippen molar-refractivity contribution in [3.8, 4) is 0 Å². The van der Waals surface area contributed by atoms with Gasteiger partial charge in [0.2, 0.25) is 5.89 Å². The Kier molecular flexibility index (Phi) is 3.30. The summed E-state index contributed by atoms with van der Waals surface area (Å²) in [4.78, 5) is 4.27. The quantitative estimate of drug-likeness (QED) is 0.737. The van der Waals surface area contributed by atoms with Crippen LogP contribution in [-0.4, -0.2) is 20.6 Å². The average molecular weight is 226 g/mol. The number of hydrogen-bond acceptors (Lipinski definition) is 4. The number of rotatable bonds is 3. The van der Waals surface area contributed by atoms with Crippen molar-refractivity contribution in [1.82, 2.24) is 10.1 Å². The van der Waals surface area contributed by atoms with Crippen LogP contribution in [0.4, 0.5) is 0 Å². The van der Waals surface area contributed by atoms with E-state index in [1.807, 2.05) is 0 Å². The highest BCUT2D eigenvalue weighted by molar-refractivity contribution is 7.83. The first kappa shape index (κ1) is 10.5. The fraction of sp³-hybridized carbons (Fsp3) is 0.600. The van der Waals surface area contributed by atoms with Crippen molar-refractivity contribution in [2.45, 2.75) is 30.9 Å². The fourth-order valence-electron chi connectivity index (χ4n) is 1.69. The Morgan fingerprint density at radius 1 is 1.60 bits per heavy atom. The van der Waals surface area contributed by atoms with Crippen LogP contribution in [-0.2, 0) is 16.6 Å². The predicted octanol–water partition coefficient (Wildman–Crippen LogP) is 1.77. The van der Waals surface area contributed by atoms with Crippen LogP contribution in [0.15, 0.2) is 16.7 Å². The Bertz CT molecular complexity index is 387. The van der Waals surface area contributed by atoms with E-state index in [1.165, 1.54) is 0 Å². The first-order valence-corrected chi connectivity index (χ1v) is 6.76. The third-order valence-electron chi connectivity index (χ3n) is 2.43. The molecule has 0 fully saturated rings. The largest absolute Gasteiger partial charge is 0.339 e. The molecule has 0 amide bonds. The van der Waals surface area contributed by atoms with Crippen molar-refractivity contribution < 1.29 is 8.73 Å². The fourth-order valence-corrected chi connectivity index (χ4v) is 2.17. The first-order chi connectivity index (χ1) is 7.25. The summed E-state index contributed by atoms with van der Waals surface area (Å²) in [6.45, 7) is 0. The Morgan fingerprint density at radius 3 is 3.13 bits per heavy atom. The van der Waals surface area contributed by atoms with Gasteiger partial charge in [0.15, 0.2) is 5.82 Å². The monoisotopic (exact) mass is 226 g/mol. The summed E-state index contributed by atoms with van der Waals surface area (Å²) in [5.41, 5.74) is 0. The molecule has 0 bridgehead atoms. The Balaban J connectivity index is 2.05. The van der Waals surface area contributed by atoms with E-state index < -0.39 is 10.8 Å². The molecule has 1 aliphatic carbocycles. The third-order valence-corrected chi connectivity index (χ3v) is 3.10. The zero-order valence-corrected chi connectivity index (χ0v) is 9.50. The van der Waals surface area contributed by atoms with E-state index in [2.05, 4.69) is 22.3 Å². The zero-order valence-electron chi connectivity index (χ0n) is 8.68. The van der Waals surface area contributed by atoms with Crippen molar-refractivity contribution in [3.05, 3.63) is 23.9 Å². The molecule has 2 rings (SSSR count). The maximum atomic E-state index is 11.0. The van der Waals surface area contributed by atoms with Crippen LogP contribution in [0.25, 0.3) is 0 Å². The van der Waals surface area contributed by atoms with Gasteiger partial charge in [-0.05, 0) is 19.3 Å². The maximum Gasteiger partial charge on any atom is 0.230 e. The molecule has 1 aliphatic rings. The summed E-state index contributed by atoms with van der Waals surface area (Å²) < 4.78 is 16.2. The highest BCUT2D eigenvalue weighted by Crippen LogP contribution is 2.27. The van der Waals surface area contributed by atoms with Gasteiger partial charge in [-0.1, -0.05) is 17.3 Å². The molecule has 2 unspecified atom stereocenters. The molecule has 2 atom stereocenters. The van der Waals surface area contributed by atoms with E-state index in [4.69, 9.17) is 4.52 Å². The van der Waals surface area contributed by atoms with E-state index in [0.29, 0.717) is 23.4 Å². The van der Waals surface area contributed by atoms with E-state index in [-0.39, 0.29) is 0 Å². The standard InChI is InChI=1S/C10H14N2O2S/c1-15(13)7-9-11-10(14-12-9)8-5-3-2-4-6-8/h2-3,8H,4-7H2,1H3. The highest BCUT2D eigenvalue weighted by Gasteiger charge is 2.19. The second-order valence-corrected chi connectivity index (χ2v) is 5.18.